The first-order chi connectivity index (χ1) is 5.27. The molecule has 0 atom stereocenters. The van der Waals surface area contributed by atoms with Crippen molar-refractivity contribution in [2.24, 2.45) is 0 Å². The predicted octanol–water partition coefficient (Wildman–Crippen LogP) is -0.445. The smallest absolute Gasteiger partial charge is 0.327 e. The molecule has 0 fully saturated rings. The Morgan fingerprint density at radius 1 is 1.45 bits per heavy atom. The van der Waals surface area contributed by atoms with Crippen molar-refractivity contribution in [1.82, 2.24) is 0 Å². The molecule has 11 heavy (non-hydrogen) atoms. The Morgan fingerprint density at radius 3 is 2.73 bits per heavy atom. The lowest BCUT2D eigenvalue weighted by atomic mass is 9.84. The van der Waals surface area contributed by atoms with Gasteiger partial charge in [-0.15, -0.1) is 0 Å². The average Bonchev–Trinajstić information content (AvgIpc) is 2.04. The van der Waals surface area contributed by atoms with Crippen molar-refractivity contribution in [2.75, 3.05) is 0 Å². The van der Waals surface area contributed by atoms with Crippen molar-refractivity contribution in [3.05, 3.63) is 29.6 Å². The molecule has 4 heteroatoms. The maximum Gasteiger partial charge on any atom is 0.327 e. The molecule has 2 nitrogen and oxygen atoms in total. The number of aliphatic hydroxyl groups excluding tert-OH is 1. The van der Waals surface area contributed by atoms with Gasteiger partial charge in [0.05, 0.1) is 6.61 Å². The van der Waals surface area contributed by atoms with Gasteiger partial charge in [-0.3, -0.25) is 0 Å². The van der Waals surface area contributed by atoms with E-state index >= 15 is 0 Å². The molecular formula is C7H7BFO2. The summed E-state index contributed by atoms with van der Waals surface area (Å²) >= 11 is 0. The first kappa shape index (κ1) is 8.23. The van der Waals surface area contributed by atoms with Crippen LogP contribution in [0, 0.1) is 5.82 Å². The molecular weight excluding hydrogens is 146 g/mol. The van der Waals surface area contributed by atoms with E-state index < -0.39 is 5.82 Å². The van der Waals surface area contributed by atoms with E-state index in [-0.39, 0.29) is 6.61 Å². The summed E-state index contributed by atoms with van der Waals surface area (Å²) in [6.45, 7) is -0.202. The summed E-state index contributed by atoms with van der Waals surface area (Å²) in [6.07, 6.45) is 0. The first-order valence-corrected chi connectivity index (χ1v) is 3.14. The number of hydrogen-bond donors (Lipinski definition) is 2. The van der Waals surface area contributed by atoms with Crippen LogP contribution in [0.2, 0.25) is 0 Å². The monoisotopic (exact) mass is 153 g/mol. The Kier molecular flexibility index (Phi) is 2.62. The van der Waals surface area contributed by atoms with Gasteiger partial charge in [-0.1, -0.05) is 6.07 Å². The second-order valence-electron chi connectivity index (χ2n) is 2.13. The molecule has 0 aliphatic rings. The van der Waals surface area contributed by atoms with Crippen LogP contribution in [0.3, 0.4) is 0 Å². The van der Waals surface area contributed by atoms with Crippen molar-refractivity contribution in [3.63, 3.8) is 0 Å². The van der Waals surface area contributed by atoms with Crippen LogP contribution in [-0.2, 0) is 6.61 Å². The van der Waals surface area contributed by atoms with Crippen LogP contribution in [0.5, 0.6) is 0 Å². The average molecular weight is 153 g/mol. The normalized spacial score (nSPS) is 9.73. The quantitative estimate of drug-likeness (QED) is 0.565. The summed E-state index contributed by atoms with van der Waals surface area (Å²) in [7, 11) is 0.772. The molecule has 0 saturated heterocycles. The van der Waals surface area contributed by atoms with E-state index in [1.165, 1.54) is 12.1 Å². The molecule has 0 amide bonds. The zero-order valence-electron chi connectivity index (χ0n) is 5.79. The van der Waals surface area contributed by atoms with Gasteiger partial charge in [0.2, 0.25) is 0 Å². The Bertz CT molecular complexity index is 252. The van der Waals surface area contributed by atoms with Crippen LogP contribution in [-0.4, -0.2) is 17.6 Å². The van der Waals surface area contributed by atoms with E-state index in [4.69, 9.17) is 10.1 Å². The SMILES string of the molecule is O[B]c1cc(F)ccc1CO. The van der Waals surface area contributed by atoms with E-state index in [0.29, 0.717) is 11.0 Å². The highest BCUT2D eigenvalue weighted by Gasteiger charge is 2.02. The number of rotatable bonds is 2. The Labute approximate surface area is 64.6 Å². The minimum Gasteiger partial charge on any atom is -0.450 e. The minimum absolute atomic E-state index is 0.202. The molecule has 0 aliphatic carbocycles. The third-order valence-corrected chi connectivity index (χ3v) is 1.42. The van der Waals surface area contributed by atoms with E-state index in [2.05, 4.69) is 0 Å². The number of halogens is 1. The predicted molar refractivity (Wildman–Crippen MR) is 39.9 cm³/mol. The van der Waals surface area contributed by atoms with Crippen LogP contribution < -0.4 is 5.46 Å². The van der Waals surface area contributed by atoms with Gasteiger partial charge in [0.1, 0.15) is 5.82 Å². The minimum atomic E-state index is -0.428. The van der Waals surface area contributed by atoms with E-state index in [9.17, 15) is 4.39 Å². The third-order valence-electron chi connectivity index (χ3n) is 1.42. The number of aliphatic hydroxyl groups is 1. The van der Waals surface area contributed by atoms with Gasteiger partial charge in [-0.25, -0.2) is 4.39 Å². The fourth-order valence-corrected chi connectivity index (χ4v) is 0.830. The van der Waals surface area contributed by atoms with Crippen LogP contribution in [0.4, 0.5) is 4.39 Å². The second-order valence-corrected chi connectivity index (χ2v) is 2.13. The van der Waals surface area contributed by atoms with Crippen molar-refractivity contribution < 1.29 is 14.5 Å². The lowest BCUT2D eigenvalue weighted by Crippen LogP contribution is -2.19. The molecule has 0 aromatic heterocycles. The maximum atomic E-state index is 12.5. The second kappa shape index (κ2) is 3.50. The Hall–Kier alpha value is -0.865. The molecule has 0 unspecified atom stereocenters. The molecule has 0 spiro atoms. The van der Waals surface area contributed by atoms with E-state index in [1.807, 2.05) is 0 Å². The van der Waals surface area contributed by atoms with Crippen LogP contribution in [0.25, 0.3) is 0 Å². The summed E-state index contributed by atoms with van der Waals surface area (Å²) in [4.78, 5) is 0. The first-order valence-electron chi connectivity index (χ1n) is 3.14. The highest BCUT2D eigenvalue weighted by atomic mass is 19.1. The highest BCUT2D eigenvalue weighted by Crippen LogP contribution is 1.99. The fraction of sp³-hybridized carbons (Fsp3) is 0.143. The Balaban J connectivity index is 3.06. The van der Waals surface area contributed by atoms with Gasteiger partial charge in [0, 0.05) is 0 Å². The summed E-state index contributed by atoms with van der Waals surface area (Å²) in [6, 6.07) is 3.82. The molecule has 2 N–H and O–H groups in total. The van der Waals surface area contributed by atoms with Crippen molar-refractivity contribution in [2.45, 2.75) is 6.61 Å². The summed E-state index contributed by atoms with van der Waals surface area (Å²) < 4.78 is 12.5. The maximum absolute atomic E-state index is 12.5. The molecule has 1 rings (SSSR count). The lowest BCUT2D eigenvalue weighted by molar-refractivity contribution is 0.282. The van der Waals surface area contributed by atoms with Crippen LogP contribution in [0.1, 0.15) is 5.56 Å². The molecule has 0 heterocycles. The number of benzene rings is 1. The van der Waals surface area contributed by atoms with E-state index in [0.717, 1.165) is 13.5 Å². The zero-order chi connectivity index (χ0) is 8.27. The molecule has 0 aliphatic heterocycles. The van der Waals surface area contributed by atoms with Gasteiger partial charge >= 0.3 is 7.48 Å². The molecule has 1 aromatic carbocycles. The van der Waals surface area contributed by atoms with Gasteiger partial charge in [-0.2, -0.15) is 0 Å². The van der Waals surface area contributed by atoms with Crippen molar-refractivity contribution in [3.8, 4) is 0 Å². The fourth-order valence-electron chi connectivity index (χ4n) is 0.830. The number of hydrogen-bond acceptors (Lipinski definition) is 2. The molecule has 1 aromatic rings. The van der Waals surface area contributed by atoms with E-state index in [1.54, 1.807) is 0 Å². The van der Waals surface area contributed by atoms with Gasteiger partial charge in [0.15, 0.2) is 0 Å². The largest absolute Gasteiger partial charge is 0.450 e. The summed E-state index contributed by atoms with van der Waals surface area (Å²) in [5.41, 5.74) is 0.821. The van der Waals surface area contributed by atoms with Crippen LogP contribution in [0.15, 0.2) is 18.2 Å². The standard InChI is InChI=1S/C7H7BFO2/c9-6-2-1-5(4-10)7(3-6)8-11/h1-3,10-11H,4H2. The van der Waals surface area contributed by atoms with Gasteiger partial charge in [-0.05, 0) is 23.2 Å². The lowest BCUT2D eigenvalue weighted by Gasteiger charge is -2.01. The van der Waals surface area contributed by atoms with Crippen molar-refractivity contribution in [1.29, 1.82) is 0 Å². The molecule has 0 bridgehead atoms. The molecule has 1 radical (unpaired) electrons. The summed E-state index contributed by atoms with van der Waals surface area (Å²) in [5, 5.41) is 17.3. The zero-order valence-corrected chi connectivity index (χ0v) is 5.79. The third kappa shape index (κ3) is 1.79. The molecule has 0 saturated carbocycles. The van der Waals surface area contributed by atoms with Crippen LogP contribution >= 0.6 is 0 Å². The van der Waals surface area contributed by atoms with Crippen molar-refractivity contribution >= 4 is 12.9 Å². The van der Waals surface area contributed by atoms with Gasteiger partial charge in [0.25, 0.3) is 0 Å². The summed E-state index contributed by atoms with van der Waals surface area (Å²) in [5.74, 6) is -0.428. The molecule has 57 valence electrons. The topological polar surface area (TPSA) is 40.5 Å². The van der Waals surface area contributed by atoms with Gasteiger partial charge < -0.3 is 10.1 Å². The highest BCUT2D eigenvalue weighted by molar-refractivity contribution is 6.46. The Morgan fingerprint density at radius 2 is 2.18 bits per heavy atom.